The molecule has 6 nitrogen and oxygen atoms in total. The number of aliphatic hydroxyl groups is 2. The van der Waals surface area contributed by atoms with Gasteiger partial charge in [-0.2, -0.15) is 0 Å². The van der Waals surface area contributed by atoms with Crippen LogP contribution in [0.5, 0.6) is 0 Å². The minimum atomic E-state index is -1.21. The summed E-state index contributed by atoms with van der Waals surface area (Å²) in [6.45, 7) is 1.73. The molecular weight excluding hydrogens is 204 g/mol. The molecule has 0 aromatic carbocycles. The molecule has 3 unspecified atom stereocenters. The zero-order valence-electron chi connectivity index (χ0n) is 8.66. The van der Waals surface area contributed by atoms with Gasteiger partial charge in [0, 0.05) is 13.0 Å². The van der Waals surface area contributed by atoms with Gasteiger partial charge < -0.3 is 24.8 Å². The van der Waals surface area contributed by atoms with Gasteiger partial charge in [0.2, 0.25) is 0 Å². The van der Waals surface area contributed by atoms with Crippen molar-refractivity contribution in [3.05, 3.63) is 0 Å². The summed E-state index contributed by atoms with van der Waals surface area (Å²) < 4.78 is 9.80. The molecule has 1 aliphatic heterocycles. The second-order valence-corrected chi connectivity index (χ2v) is 3.55. The van der Waals surface area contributed by atoms with Crippen molar-refractivity contribution in [2.24, 2.45) is 5.92 Å². The molecule has 0 aromatic heterocycles. The summed E-state index contributed by atoms with van der Waals surface area (Å²) >= 11 is 0. The Labute approximate surface area is 87.4 Å². The van der Waals surface area contributed by atoms with E-state index in [0.29, 0.717) is 6.42 Å². The quantitative estimate of drug-likeness (QED) is 0.575. The van der Waals surface area contributed by atoms with Crippen molar-refractivity contribution in [1.29, 1.82) is 0 Å². The van der Waals surface area contributed by atoms with Gasteiger partial charge in [-0.3, -0.25) is 0 Å². The standard InChI is InChI=1S/C9H16O6/c1-3-4-5(10)6(11)9(14-2)15-7(4)8(12)13/h4-7,9-11H,3H2,1-2H3,(H,12,13)/t4-,5?,6?,7?,9+/m0/s1. The van der Waals surface area contributed by atoms with Crippen molar-refractivity contribution in [1.82, 2.24) is 0 Å². The van der Waals surface area contributed by atoms with E-state index in [9.17, 15) is 15.0 Å². The highest BCUT2D eigenvalue weighted by Crippen LogP contribution is 2.28. The Balaban J connectivity index is 2.84. The second-order valence-electron chi connectivity index (χ2n) is 3.55. The Hall–Kier alpha value is -0.690. The average Bonchev–Trinajstić information content (AvgIpc) is 2.21. The first-order chi connectivity index (χ1) is 7.02. The number of rotatable bonds is 3. The van der Waals surface area contributed by atoms with Crippen LogP contribution >= 0.6 is 0 Å². The number of carboxylic acid groups (broad SMARTS) is 1. The summed E-state index contributed by atoms with van der Waals surface area (Å²) in [5.74, 6) is -1.78. The minimum Gasteiger partial charge on any atom is -0.479 e. The van der Waals surface area contributed by atoms with Gasteiger partial charge in [-0.15, -0.1) is 0 Å². The van der Waals surface area contributed by atoms with E-state index in [0.717, 1.165) is 0 Å². The molecule has 0 amide bonds. The van der Waals surface area contributed by atoms with Gasteiger partial charge in [-0.1, -0.05) is 6.92 Å². The second kappa shape index (κ2) is 4.89. The summed E-state index contributed by atoms with van der Waals surface area (Å²) in [6, 6.07) is 0. The summed E-state index contributed by atoms with van der Waals surface area (Å²) in [5, 5.41) is 28.1. The third kappa shape index (κ3) is 2.28. The van der Waals surface area contributed by atoms with E-state index in [1.165, 1.54) is 7.11 Å². The Morgan fingerprint density at radius 2 is 2.00 bits per heavy atom. The zero-order valence-corrected chi connectivity index (χ0v) is 8.66. The summed E-state index contributed by atoms with van der Waals surface area (Å²) in [4.78, 5) is 10.9. The molecular formula is C9H16O6. The maximum Gasteiger partial charge on any atom is 0.333 e. The van der Waals surface area contributed by atoms with Gasteiger partial charge in [0.05, 0.1) is 6.10 Å². The molecule has 0 aromatic rings. The molecule has 0 spiro atoms. The number of carboxylic acids is 1. The first-order valence-corrected chi connectivity index (χ1v) is 4.80. The first-order valence-electron chi connectivity index (χ1n) is 4.80. The van der Waals surface area contributed by atoms with Gasteiger partial charge in [-0.05, 0) is 6.42 Å². The fourth-order valence-corrected chi connectivity index (χ4v) is 1.81. The van der Waals surface area contributed by atoms with E-state index in [4.69, 9.17) is 14.6 Å². The largest absolute Gasteiger partial charge is 0.479 e. The molecule has 15 heavy (non-hydrogen) atoms. The van der Waals surface area contributed by atoms with Gasteiger partial charge in [0.1, 0.15) is 6.10 Å². The Bertz CT molecular complexity index is 231. The topological polar surface area (TPSA) is 96.2 Å². The van der Waals surface area contributed by atoms with Crippen LogP contribution in [0.3, 0.4) is 0 Å². The molecule has 1 saturated heterocycles. The van der Waals surface area contributed by atoms with E-state index in [1.807, 2.05) is 0 Å². The highest BCUT2D eigenvalue weighted by molar-refractivity contribution is 5.73. The summed E-state index contributed by atoms with van der Waals surface area (Å²) in [5.41, 5.74) is 0. The number of ether oxygens (including phenoxy) is 2. The fraction of sp³-hybridized carbons (Fsp3) is 0.889. The van der Waals surface area contributed by atoms with Gasteiger partial charge in [-0.25, -0.2) is 4.79 Å². The molecule has 1 aliphatic rings. The maximum absolute atomic E-state index is 10.9. The fourth-order valence-electron chi connectivity index (χ4n) is 1.81. The third-order valence-corrected chi connectivity index (χ3v) is 2.68. The Kier molecular flexibility index (Phi) is 4.04. The molecule has 6 heteroatoms. The van der Waals surface area contributed by atoms with Crippen LogP contribution < -0.4 is 0 Å². The lowest BCUT2D eigenvalue weighted by Gasteiger charge is -2.40. The van der Waals surface area contributed by atoms with Gasteiger partial charge >= 0.3 is 5.97 Å². The molecule has 0 aliphatic carbocycles. The minimum absolute atomic E-state index is 0.408. The Morgan fingerprint density at radius 1 is 1.40 bits per heavy atom. The smallest absolute Gasteiger partial charge is 0.333 e. The van der Waals surface area contributed by atoms with Gasteiger partial charge in [0.25, 0.3) is 0 Å². The SMILES string of the molecule is CC[C@@H]1C(C(=O)O)O[C@@H](OC)C(O)C1O. The van der Waals surface area contributed by atoms with Crippen LogP contribution in [0.25, 0.3) is 0 Å². The molecule has 0 radical (unpaired) electrons. The van der Waals surface area contributed by atoms with Crippen LogP contribution in [-0.2, 0) is 14.3 Å². The monoisotopic (exact) mass is 220 g/mol. The van der Waals surface area contributed by atoms with E-state index in [2.05, 4.69) is 0 Å². The third-order valence-electron chi connectivity index (χ3n) is 2.68. The predicted molar refractivity (Wildman–Crippen MR) is 49.1 cm³/mol. The number of hydrogen-bond acceptors (Lipinski definition) is 5. The van der Waals surface area contributed by atoms with E-state index >= 15 is 0 Å². The molecule has 1 fully saturated rings. The molecule has 1 heterocycles. The molecule has 0 bridgehead atoms. The van der Waals surface area contributed by atoms with Crippen LogP contribution in [0.2, 0.25) is 0 Å². The molecule has 5 atom stereocenters. The van der Waals surface area contributed by atoms with Crippen molar-refractivity contribution < 1.29 is 29.6 Å². The first kappa shape index (κ1) is 12.4. The van der Waals surface area contributed by atoms with Crippen molar-refractivity contribution in [2.45, 2.75) is 37.9 Å². The molecule has 3 N–H and O–H groups in total. The van der Waals surface area contributed by atoms with Crippen LogP contribution in [0.15, 0.2) is 0 Å². The highest BCUT2D eigenvalue weighted by atomic mass is 16.7. The lowest BCUT2D eigenvalue weighted by Crippen LogP contribution is -2.57. The lowest BCUT2D eigenvalue weighted by molar-refractivity contribution is -0.276. The van der Waals surface area contributed by atoms with Crippen molar-refractivity contribution >= 4 is 5.97 Å². The zero-order chi connectivity index (χ0) is 11.6. The van der Waals surface area contributed by atoms with E-state index in [-0.39, 0.29) is 0 Å². The highest BCUT2D eigenvalue weighted by Gasteiger charge is 2.46. The number of aliphatic hydroxyl groups excluding tert-OH is 2. The van der Waals surface area contributed by atoms with Crippen LogP contribution in [0.1, 0.15) is 13.3 Å². The number of hydrogen-bond donors (Lipinski definition) is 3. The van der Waals surface area contributed by atoms with Crippen molar-refractivity contribution in [3.8, 4) is 0 Å². The summed E-state index contributed by atoms with van der Waals surface area (Å²) in [7, 11) is 1.28. The van der Waals surface area contributed by atoms with Crippen LogP contribution in [-0.4, -0.2) is 53.0 Å². The van der Waals surface area contributed by atoms with Crippen LogP contribution in [0, 0.1) is 5.92 Å². The number of carbonyl (C=O) groups is 1. The van der Waals surface area contributed by atoms with Gasteiger partial charge in [0.15, 0.2) is 12.4 Å². The molecule has 1 rings (SSSR count). The van der Waals surface area contributed by atoms with Crippen molar-refractivity contribution in [3.63, 3.8) is 0 Å². The van der Waals surface area contributed by atoms with Crippen LogP contribution in [0.4, 0.5) is 0 Å². The lowest BCUT2D eigenvalue weighted by atomic mass is 9.87. The number of aliphatic carboxylic acids is 1. The van der Waals surface area contributed by atoms with E-state index < -0.39 is 36.5 Å². The predicted octanol–water partition coefficient (Wildman–Crippen LogP) is -0.810. The summed E-state index contributed by atoms with van der Waals surface area (Å²) in [6.07, 6.45) is -4.18. The normalized spacial score (nSPS) is 41.5. The Morgan fingerprint density at radius 3 is 2.40 bits per heavy atom. The maximum atomic E-state index is 10.9. The molecule has 88 valence electrons. The van der Waals surface area contributed by atoms with E-state index in [1.54, 1.807) is 6.92 Å². The molecule has 0 saturated carbocycles. The average molecular weight is 220 g/mol. The van der Waals surface area contributed by atoms with Crippen molar-refractivity contribution in [2.75, 3.05) is 7.11 Å². The number of methoxy groups -OCH3 is 1.